The third-order valence-corrected chi connectivity index (χ3v) is 3.69. The lowest BCUT2D eigenvalue weighted by Gasteiger charge is -2.20. The summed E-state index contributed by atoms with van der Waals surface area (Å²) < 4.78 is 1.63. The topological polar surface area (TPSA) is 68.5 Å². The quantitative estimate of drug-likeness (QED) is 0.945. The van der Waals surface area contributed by atoms with Gasteiger partial charge in [0.05, 0.1) is 11.4 Å². The lowest BCUT2D eigenvalue weighted by Crippen LogP contribution is -2.40. The Labute approximate surface area is 128 Å². The zero-order valence-corrected chi connectivity index (χ0v) is 12.8. The minimum Gasteiger partial charge on any atom is -0.379 e. The smallest absolute Gasteiger partial charge is 0.272 e. The van der Waals surface area contributed by atoms with E-state index in [1.165, 1.54) is 0 Å². The van der Waals surface area contributed by atoms with Crippen molar-refractivity contribution in [1.29, 1.82) is 0 Å². The fourth-order valence-corrected chi connectivity index (χ4v) is 2.42. The van der Waals surface area contributed by atoms with Gasteiger partial charge in [-0.25, -0.2) is 0 Å². The van der Waals surface area contributed by atoms with Crippen molar-refractivity contribution in [3.05, 3.63) is 47.7 Å². The van der Waals surface area contributed by atoms with Crippen molar-refractivity contribution >= 4 is 17.4 Å². The first-order valence-electron chi connectivity index (χ1n) is 7.10. The predicted molar refractivity (Wildman–Crippen MR) is 83.7 cm³/mol. The normalized spacial score (nSPS) is 20.4. The fraction of sp³-hybridized carbons (Fsp3) is 0.312. The first-order valence-corrected chi connectivity index (χ1v) is 7.10. The molecule has 1 aliphatic rings. The maximum absolute atomic E-state index is 12.5. The number of nitrogens with zero attached hydrogens (tertiary/aromatic N) is 3. The highest BCUT2D eigenvalue weighted by molar-refractivity contribution is 6.07. The highest BCUT2D eigenvalue weighted by Gasteiger charge is 2.42. The van der Waals surface area contributed by atoms with E-state index in [1.807, 2.05) is 43.3 Å². The van der Waals surface area contributed by atoms with E-state index in [0.717, 1.165) is 17.0 Å². The number of aromatic nitrogens is 2. The summed E-state index contributed by atoms with van der Waals surface area (Å²) in [5.74, 6) is 0.408. The minimum absolute atomic E-state index is 0.231. The minimum atomic E-state index is -1.01. The van der Waals surface area contributed by atoms with Crippen LogP contribution in [0.5, 0.6) is 0 Å². The van der Waals surface area contributed by atoms with Gasteiger partial charge in [-0.1, -0.05) is 35.5 Å². The van der Waals surface area contributed by atoms with Crippen LogP contribution in [0.25, 0.3) is 0 Å². The van der Waals surface area contributed by atoms with Gasteiger partial charge in [0.25, 0.3) is 5.91 Å². The number of hydrogen-bond donors (Lipinski definition) is 1. The Morgan fingerprint density at radius 3 is 2.73 bits per heavy atom. The summed E-state index contributed by atoms with van der Waals surface area (Å²) in [7, 11) is 1.78. The average molecular weight is 298 g/mol. The highest BCUT2D eigenvalue weighted by atomic mass is 16.7. The maximum atomic E-state index is 12.5. The van der Waals surface area contributed by atoms with Gasteiger partial charge < -0.3 is 10.2 Å². The van der Waals surface area contributed by atoms with Crippen molar-refractivity contribution in [2.45, 2.75) is 25.9 Å². The summed E-state index contributed by atoms with van der Waals surface area (Å²) in [6.07, 6.45) is 0.430. The van der Waals surface area contributed by atoms with Crippen LogP contribution in [0.3, 0.4) is 0 Å². The van der Waals surface area contributed by atoms with Gasteiger partial charge in [-0.2, -0.15) is 5.10 Å². The lowest BCUT2D eigenvalue weighted by atomic mass is 9.95. The van der Waals surface area contributed by atoms with Crippen molar-refractivity contribution in [1.82, 2.24) is 9.78 Å². The standard InChI is InChI=1S/C16H18N4O2/c1-11-9-14(20(3)18-11)17-15(21)16(2)10-13(19-22-16)12-7-5-4-6-8-12/h4-9H,10H2,1-3H3,(H,17,21)/t16-/m1/s1. The van der Waals surface area contributed by atoms with Gasteiger partial charge in [0.15, 0.2) is 0 Å². The molecule has 0 saturated carbocycles. The molecule has 1 aliphatic heterocycles. The molecule has 6 nitrogen and oxygen atoms in total. The first kappa shape index (κ1) is 14.3. The third kappa shape index (κ3) is 2.59. The molecule has 1 aromatic heterocycles. The summed E-state index contributed by atoms with van der Waals surface area (Å²) in [6.45, 7) is 3.62. The third-order valence-electron chi connectivity index (χ3n) is 3.69. The second-order valence-electron chi connectivity index (χ2n) is 5.65. The number of anilines is 1. The van der Waals surface area contributed by atoms with E-state index in [0.29, 0.717) is 12.2 Å². The van der Waals surface area contributed by atoms with E-state index in [9.17, 15) is 4.79 Å². The molecule has 2 aromatic rings. The summed E-state index contributed by atoms with van der Waals surface area (Å²) >= 11 is 0. The number of benzene rings is 1. The Balaban J connectivity index is 1.73. The highest BCUT2D eigenvalue weighted by Crippen LogP contribution is 2.28. The second kappa shape index (κ2) is 5.29. The summed E-state index contributed by atoms with van der Waals surface area (Å²) in [5.41, 5.74) is 1.58. The Morgan fingerprint density at radius 2 is 2.09 bits per heavy atom. The van der Waals surface area contributed by atoms with Crippen molar-refractivity contribution in [3.8, 4) is 0 Å². The van der Waals surface area contributed by atoms with E-state index >= 15 is 0 Å². The molecule has 1 aromatic carbocycles. The number of nitrogens with one attached hydrogen (secondary N) is 1. The number of aryl methyl sites for hydroxylation is 2. The molecule has 1 N–H and O–H groups in total. The number of oxime groups is 1. The van der Waals surface area contributed by atoms with Crippen LogP contribution in [-0.2, 0) is 16.7 Å². The van der Waals surface area contributed by atoms with E-state index in [-0.39, 0.29) is 5.91 Å². The molecular formula is C16H18N4O2. The van der Waals surface area contributed by atoms with Crippen LogP contribution in [0.2, 0.25) is 0 Å². The molecule has 0 fully saturated rings. The molecule has 1 atom stereocenters. The average Bonchev–Trinajstić information content (AvgIpc) is 3.04. The van der Waals surface area contributed by atoms with Crippen molar-refractivity contribution in [2.24, 2.45) is 12.2 Å². The molecule has 1 amide bonds. The van der Waals surface area contributed by atoms with Crippen molar-refractivity contribution < 1.29 is 9.63 Å². The molecule has 0 radical (unpaired) electrons. The SMILES string of the molecule is Cc1cc(NC(=O)[C@@]2(C)CC(c3ccccc3)=NO2)n(C)n1. The molecule has 22 heavy (non-hydrogen) atoms. The van der Waals surface area contributed by atoms with Crippen LogP contribution >= 0.6 is 0 Å². The molecule has 0 saturated heterocycles. The van der Waals surface area contributed by atoms with Crippen LogP contribution in [-0.4, -0.2) is 27.0 Å². The van der Waals surface area contributed by atoms with Crippen LogP contribution in [0.4, 0.5) is 5.82 Å². The summed E-state index contributed by atoms with van der Waals surface area (Å²) in [6, 6.07) is 11.5. The zero-order valence-electron chi connectivity index (χ0n) is 12.8. The number of carbonyl (C=O) groups excluding carboxylic acids is 1. The molecule has 3 rings (SSSR count). The van der Waals surface area contributed by atoms with Crippen LogP contribution in [0.1, 0.15) is 24.6 Å². The number of hydrogen-bond acceptors (Lipinski definition) is 4. The molecule has 0 aliphatic carbocycles. The monoisotopic (exact) mass is 298 g/mol. The molecule has 0 bridgehead atoms. The van der Waals surface area contributed by atoms with E-state index in [2.05, 4.69) is 15.6 Å². The fourth-order valence-electron chi connectivity index (χ4n) is 2.42. The largest absolute Gasteiger partial charge is 0.379 e. The first-order chi connectivity index (χ1) is 10.5. The summed E-state index contributed by atoms with van der Waals surface area (Å²) in [4.78, 5) is 18.0. The van der Waals surface area contributed by atoms with E-state index in [1.54, 1.807) is 18.7 Å². The molecule has 114 valence electrons. The maximum Gasteiger partial charge on any atom is 0.272 e. The molecule has 0 spiro atoms. The van der Waals surface area contributed by atoms with Crippen molar-refractivity contribution in [3.63, 3.8) is 0 Å². The number of amides is 1. The number of rotatable bonds is 3. The second-order valence-corrected chi connectivity index (χ2v) is 5.65. The predicted octanol–water partition coefficient (Wildman–Crippen LogP) is 2.25. The van der Waals surface area contributed by atoms with Crippen LogP contribution < -0.4 is 5.32 Å². The molecule has 0 unspecified atom stereocenters. The van der Waals surface area contributed by atoms with Crippen LogP contribution in [0, 0.1) is 6.92 Å². The lowest BCUT2D eigenvalue weighted by molar-refractivity contribution is -0.136. The van der Waals surface area contributed by atoms with Gasteiger partial charge in [-0.15, -0.1) is 0 Å². The number of carbonyl (C=O) groups is 1. The van der Waals surface area contributed by atoms with Gasteiger partial charge in [0, 0.05) is 19.5 Å². The Hall–Kier alpha value is -2.63. The van der Waals surface area contributed by atoms with Crippen molar-refractivity contribution in [2.75, 3.05) is 5.32 Å². The molecule has 6 heteroatoms. The summed E-state index contributed by atoms with van der Waals surface area (Å²) in [5, 5.41) is 11.1. The van der Waals surface area contributed by atoms with Gasteiger partial charge in [0.1, 0.15) is 5.82 Å². The van der Waals surface area contributed by atoms with Crippen LogP contribution in [0.15, 0.2) is 41.6 Å². The van der Waals surface area contributed by atoms with Gasteiger partial charge >= 0.3 is 0 Å². The van der Waals surface area contributed by atoms with Gasteiger partial charge in [0.2, 0.25) is 5.60 Å². The molecule has 2 heterocycles. The Kier molecular flexibility index (Phi) is 3.44. The zero-order chi connectivity index (χ0) is 15.7. The van der Waals surface area contributed by atoms with E-state index in [4.69, 9.17) is 4.84 Å². The van der Waals surface area contributed by atoms with E-state index < -0.39 is 5.60 Å². The Morgan fingerprint density at radius 1 is 1.36 bits per heavy atom. The Bertz CT molecular complexity index is 736. The molecular weight excluding hydrogens is 280 g/mol. The van der Waals surface area contributed by atoms with Gasteiger partial charge in [-0.05, 0) is 19.4 Å². The van der Waals surface area contributed by atoms with Gasteiger partial charge in [-0.3, -0.25) is 9.48 Å².